The first-order valence-corrected chi connectivity index (χ1v) is 7.34. The van der Waals surface area contributed by atoms with Crippen molar-refractivity contribution in [3.8, 4) is 0 Å². The van der Waals surface area contributed by atoms with Gasteiger partial charge in [-0.3, -0.25) is 4.79 Å². The van der Waals surface area contributed by atoms with E-state index in [1.165, 1.54) is 31.2 Å². The number of amides is 1. The molecule has 3 rings (SSSR count). The van der Waals surface area contributed by atoms with Gasteiger partial charge in [0, 0.05) is 25.2 Å². The van der Waals surface area contributed by atoms with E-state index in [4.69, 9.17) is 0 Å². The Morgan fingerprint density at radius 2 is 2.11 bits per heavy atom. The SMILES string of the molecule is CN1C(=O)CC(NCCCC2CC2)c2ccccc21. The first kappa shape index (κ1) is 12.7. The minimum atomic E-state index is 0.194. The predicted molar refractivity (Wildman–Crippen MR) is 77.2 cm³/mol. The van der Waals surface area contributed by atoms with Gasteiger partial charge in [-0.15, -0.1) is 0 Å². The second-order valence-electron chi connectivity index (χ2n) is 5.81. The summed E-state index contributed by atoms with van der Waals surface area (Å²) in [5.41, 5.74) is 2.31. The van der Waals surface area contributed by atoms with Gasteiger partial charge >= 0.3 is 0 Å². The van der Waals surface area contributed by atoms with Crippen LogP contribution in [-0.2, 0) is 4.79 Å². The molecule has 1 amide bonds. The summed E-state index contributed by atoms with van der Waals surface area (Å²) >= 11 is 0. The summed E-state index contributed by atoms with van der Waals surface area (Å²) in [6.45, 7) is 1.02. The quantitative estimate of drug-likeness (QED) is 0.824. The van der Waals surface area contributed by atoms with Crippen LogP contribution in [0.15, 0.2) is 24.3 Å². The number of carbonyl (C=O) groups excluding carboxylic acids is 1. The second-order valence-corrected chi connectivity index (χ2v) is 5.81. The normalized spacial score (nSPS) is 22.5. The van der Waals surface area contributed by atoms with Crippen molar-refractivity contribution in [3.05, 3.63) is 29.8 Å². The van der Waals surface area contributed by atoms with Crippen LogP contribution in [-0.4, -0.2) is 19.5 Å². The molecule has 1 atom stereocenters. The molecule has 0 saturated heterocycles. The van der Waals surface area contributed by atoms with Gasteiger partial charge in [0.25, 0.3) is 0 Å². The van der Waals surface area contributed by atoms with Crippen molar-refractivity contribution in [2.45, 2.75) is 38.1 Å². The lowest BCUT2D eigenvalue weighted by molar-refractivity contribution is -0.119. The predicted octanol–water partition coefficient (Wildman–Crippen LogP) is 2.87. The Morgan fingerprint density at radius 1 is 1.32 bits per heavy atom. The highest BCUT2D eigenvalue weighted by Crippen LogP contribution is 2.35. The molecule has 1 unspecified atom stereocenters. The Labute approximate surface area is 115 Å². The van der Waals surface area contributed by atoms with E-state index in [1.54, 1.807) is 4.90 Å². The molecule has 2 aliphatic rings. The summed E-state index contributed by atoms with van der Waals surface area (Å²) in [5.74, 6) is 1.20. The molecule has 1 heterocycles. The van der Waals surface area contributed by atoms with Crippen LogP contribution in [0, 0.1) is 5.92 Å². The molecule has 0 aromatic heterocycles. The largest absolute Gasteiger partial charge is 0.315 e. The highest BCUT2D eigenvalue weighted by Gasteiger charge is 2.28. The highest BCUT2D eigenvalue weighted by atomic mass is 16.2. The number of nitrogens with one attached hydrogen (secondary N) is 1. The molecule has 1 aliphatic carbocycles. The van der Waals surface area contributed by atoms with E-state index in [0.717, 1.165) is 18.2 Å². The minimum Gasteiger partial charge on any atom is -0.315 e. The third-order valence-electron chi connectivity index (χ3n) is 4.30. The van der Waals surface area contributed by atoms with Crippen LogP contribution in [0.3, 0.4) is 0 Å². The molecule has 1 aliphatic heterocycles. The van der Waals surface area contributed by atoms with Crippen molar-refractivity contribution < 1.29 is 4.79 Å². The number of para-hydroxylation sites is 1. The van der Waals surface area contributed by atoms with E-state index in [9.17, 15) is 4.79 Å². The topological polar surface area (TPSA) is 32.3 Å². The van der Waals surface area contributed by atoms with Crippen molar-refractivity contribution in [1.29, 1.82) is 0 Å². The molecule has 1 aromatic carbocycles. The third-order valence-corrected chi connectivity index (χ3v) is 4.30. The molecule has 1 N–H and O–H groups in total. The van der Waals surface area contributed by atoms with Crippen LogP contribution in [0.2, 0.25) is 0 Å². The van der Waals surface area contributed by atoms with Gasteiger partial charge in [-0.1, -0.05) is 31.0 Å². The molecule has 3 nitrogen and oxygen atoms in total. The van der Waals surface area contributed by atoms with Crippen molar-refractivity contribution >= 4 is 11.6 Å². The number of rotatable bonds is 5. The summed E-state index contributed by atoms with van der Waals surface area (Å²) in [7, 11) is 1.87. The lowest BCUT2D eigenvalue weighted by Gasteiger charge is -2.32. The van der Waals surface area contributed by atoms with Crippen LogP contribution >= 0.6 is 0 Å². The molecular formula is C16H22N2O. The average molecular weight is 258 g/mol. The van der Waals surface area contributed by atoms with E-state index in [2.05, 4.69) is 17.4 Å². The first-order chi connectivity index (χ1) is 9.25. The van der Waals surface area contributed by atoms with E-state index in [0.29, 0.717) is 6.42 Å². The standard InChI is InChI=1S/C16H22N2O/c1-18-15-7-3-2-6-13(15)14(11-16(18)19)17-10-4-5-12-8-9-12/h2-3,6-7,12,14,17H,4-5,8-11H2,1H3. The number of nitrogens with zero attached hydrogens (tertiary/aromatic N) is 1. The Morgan fingerprint density at radius 3 is 2.89 bits per heavy atom. The zero-order chi connectivity index (χ0) is 13.2. The fourth-order valence-corrected chi connectivity index (χ4v) is 2.90. The van der Waals surface area contributed by atoms with E-state index in [1.807, 2.05) is 19.2 Å². The number of anilines is 1. The monoisotopic (exact) mass is 258 g/mol. The molecule has 1 saturated carbocycles. The van der Waals surface area contributed by atoms with Crippen LogP contribution < -0.4 is 10.2 Å². The highest BCUT2D eigenvalue weighted by molar-refractivity contribution is 5.96. The van der Waals surface area contributed by atoms with Gasteiger partial charge in [-0.05, 0) is 36.9 Å². The molecule has 102 valence electrons. The summed E-state index contributed by atoms with van der Waals surface area (Å²) in [6, 6.07) is 8.42. The first-order valence-electron chi connectivity index (χ1n) is 7.34. The maximum absolute atomic E-state index is 12.0. The van der Waals surface area contributed by atoms with Crippen LogP contribution in [0.4, 0.5) is 5.69 Å². The van der Waals surface area contributed by atoms with E-state index >= 15 is 0 Å². The molecule has 0 radical (unpaired) electrons. The maximum atomic E-state index is 12.0. The summed E-state index contributed by atoms with van der Waals surface area (Å²) in [4.78, 5) is 13.8. The van der Waals surface area contributed by atoms with Gasteiger partial charge in [0.2, 0.25) is 5.91 Å². The van der Waals surface area contributed by atoms with Crippen LogP contribution in [0.5, 0.6) is 0 Å². The number of hydrogen-bond acceptors (Lipinski definition) is 2. The van der Waals surface area contributed by atoms with Gasteiger partial charge in [-0.2, -0.15) is 0 Å². The third kappa shape index (κ3) is 2.81. The molecule has 3 heteroatoms. The number of benzene rings is 1. The lowest BCUT2D eigenvalue weighted by atomic mass is 9.96. The molecule has 1 aromatic rings. The second kappa shape index (κ2) is 5.33. The molecule has 1 fully saturated rings. The minimum absolute atomic E-state index is 0.194. The molecule has 19 heavy (non-hydrogen) atoms. The summed E-state index contributed by atoms with van der Waals surface area (Å²) < 4.78 is 0. The summed E-state index contributed by atoms with van der Waals surface area (Å²) in [6.07, 6.45) is 6.00. The van der Waals surface area contributed by atoms with Gasteiger partial charge in [0.15, 0.2) is 0 Å². The van der Waals surface area contributed by atoms with Crippen molar-refractivity contribution in [1.82, 2.24) is 5.32 Å². The zero-order valence-corrected chi connectivity index (χ0v) is 11.6. The van der Waals surface area contributed by atoms with Gasteiger partial charge < -0.3 is 10.2 Å². The zero-order valence-electron chi connectivity index (χ0n) is 11.6. The maximum Gasteiger partial charge on any atom is 0.228 e. The Hall–Kier alpha value is -1.35. The fourth-order valence-electron chi connectivity index (χ4n) is 2.90. The molecule has 0 bridgehead atoms. The summed E-state index contributed by atoms with van der Waals surface area (Å²) in [5, 5.41) is 3.56. The fraction of sp³-hybridized carbons (Fsp3) is 0.562. The smallest absolute Gasteiger partial charge is 0.228 e. The molecular weight excluding hydrogens is 236 g/mol. The Kier molecular flexibility index (Phi) is 3.56. The van der Waals surface area contributed by atoms with E-state index < -0.39 is 0 Å². The Balaban J connectivity index is 1.63. The number of hydrogen-bond donors (Lipinski definition) is 1. The Bertz CT molecular complexity index is 468. The van der Waals surface area contributed by atoms with Crippen molar-refractivity contribution in [3.63, 3.8) is 0 Å². The average Bonchev–Trinajstić information content (AvgIpc) is 3.24. The number of fused-ring (bicyclic) bond motifs is 1. The van der Waals surface area contributed by atoms with Crippen LogP contribution in [0.1, 0.15) is 43.7 Å². The lowest BCUT2D eigenvalue weighted by Crippen LogP contribution is -2.38. The van der Waals surface area contributed by atoms with Gasteiger partial charge in [0.05, 0.1) is 0 Å². The van der Waals surface area contributed by atoms with Crippen molar-refractivity contribution in [2.75, 3.05) is 18.5 Å². The number of carbonyl (C=O) groups is 1. The van der Waals surface area contributed by atoms with Gasteiger partial charge in [-0.25, -0.2) is 0 Å². The van der Waals surface area contributed by atoms with Crippen molar-refractivity contribution in [2.24, 2.45) is 5.92 Å². The van der Waals surface area contributed by atoms with E-state index in [-0.39, 0.29) is 11.9 Å². The molecule has 0 spiro atoms. The van der Waals surface area contributed by atoms with Gasteiger partial charge in [0.1, 0.15) is 0 Å². The van der Waals surface area contributed by atoms with Crippen LogP contribution in [0.25, 0.3) is 0 Å².